The number of Topliss-reactive ketones (excluding diaryl/α,β-unsaturated/α-hetero) is 1. The molecule has 6 aliphatic rings. The summed E-state index contributed by atoms with van der Waals surface area (Å²) in [7, 11) is 0. The summed E-state index contributed by atoms with van der Waals surface area (Å²) < 4.78 is 6.88. The molecule has 5 aliphatic carbocycles. The summed E-state index contributed by atoms with van der Waals surface area (Å²) in [6, 6.07) is 0. The number of carbonyl (C=O) groups excluding carboxylic acids is 1. The predicted octanol–water partition coefficient (Wildman–Crippen LogP) is 6.56. The highest BCUT2D eigenvalue weighted by atomic mass is 16.5. The Morgan fingerprint density at radius 3 is 2.27 bits per heavy atom. The highest BCUT2D eigenvalue weighted by Crippen LogP contribution is 2.89. The van der Waals surface area contributed by atoms with Gasteiger partial charge in [-0.25, -0.2) is 0 Å². The van der Waals surface area contributed by atoms with E-state index in [4.69, 9.17) is 4.74 Å². The standard InChI is InChI=1S/C30H48O3/c1-18-8-11-23(26(4,5)32)33-19-16-28(7)21-10-9-20-25(2,3)22(31)12-13-29(20)17-30(21,29)15-14-27(28,6)24(18)19/h18-21,23-24,32H,8-17H2,1-7H3/t18-,19-,20-,21-,23-,24+,27+,28-,29+,30-/m0/s1. The SMILES string of the molecule is C[C@H]1CC[C@@H](C(C)(C)O)O[C@H]2C[C@@]3(C)[C@@H]4CC[C@H]5C(C)(C)C(=O)CC[C@@]56C[C@@]46CC[C@]3(C)[C@@H]21. The van der Waals surface area contributed by atoms with E-state index in [1.54, 1.807) is 0 Å². The number of fused-ring (bicyclic) bond motifs is 4. The van der Waals surface area contributed by atoms with Crippen molar-refractivity contribution in [3.8, 4) is 0 Å². The summed E-state index contributed by atoms with van der Waals surface area (Å²) in [4.78, 5) is 12.9. The average molecular weight is 457 g/mol. The lowest BCUT2D eigenvalue weighted by Crippen LogP contribution is -2.57. The van der Waals surface area contributed by atoms with E-state index in [9.17, 15) is 9.90 Å². The first-order valence-corrected chi connectivity index (χ1v) is 14.1. The van der Waals surface area contributed by atoms with Crippen LogP contribution in [0.25, 0.3) is 0 Å². The molecule has 10 atom stereocenters. The molecule has 1 N–H and O–H groups in total. The lowest BCUT2D eigenvalue weighted by molar-refractivity contribution is -0.157. The minimum absolute atomic E-state index is 0.0515. The van der Waals surface area contributed by atoms with Crippen molar-refractivity contribution in [3.05, 3.63) is 0 Å². The summed E-state index contributed by atoms with van der Waals surface area (Å²) in [5.74, 6) is 3.14. The molecule has 0 radical (unpaired) electrons. The Labute approximate surface area is 201 Å². The molecule has 2 spiro atoms. The summed E-state index contributed by atoms with van der Waals surface area (Å²) in [5.41, 5.74) is 0.626. The van der Waals surface area contributed by atoms with Crippen LogP contribution >= 0.6 is 0 Å². The second-order valence-corrected chi connectivity index (χ2v) is 15.3. The van der Waals surface area contributed by atoms with Crippen molar-refractivity contribution in [1.29, 1.82) is 0 Å². The predicted molar refractivity (Wildman–Crippen MR) is 131 cm³/mol. The zero-order chi connectivity index (χ0) is 23.8. The molecule has 3 heteroatoms. The second-order valence-electron chi connectivity index (χ2n) is 15.3. The molecule has 0 aromatic heterocycles. The average Bonchev–Trinajstić information content (AvgIpc) is 3.35. The molecule has 6 rings (SSSR count). The number of carbonyl (C=O) groups is 1. The Bertz CT molecular complexity index is 870. The van der Waals surface area contributed by atoms with Crippen molar-refractivity contribution in [1.82, 2.24) is 0 Å². The van der Waals surface area contributed by atoms with Crippen LogP contribution in [0.4, 0.5) is 0 Å². The molecule has 0 bridgehead atoms. The molecule has 0 unspecified atom stereocenters. The van der Waals surface area contributed by atoms with Crippen molar-refractivity contribution >= 4 is 5.78 Å². The molecule has 0 aromatic rings. The summed E-state index contributed by atoms with van der Waals surface area (Å²) in [6.07, 6.45) is 12.1. The van der Waals surface area contributed by atoms with Gasteiger partial charge in [0.25, 0.3) is 0 Å². The van der Waals surface area contributed by atoms with Crippen LogP contribution in [0.3, 0.4) is 0 Å². The summed E-state index contributed by atoms with van der Waals surface area (Å²) >= 11 is 0. The van der Waals surface area contributed by atoms with Crippen LogP contribution in [0, 0.1) is 50.7 Å². The van der Waals surface area contributed by atoms with E-state index >= 15 is 0 Å². The molecule has 33 heavy (non-hydrogen) atoms. The van der Waals surface area contributed by atoms with Gasteiger partial charge < -0.3 is 9.84 Å². The van der Waals surface area contributed by atoms with Gasteiger partial charge in [-0.15, -0.1) is 0 Å². The van der Waals surface area contributed by atoms with Crippen LogP contribution in [0.5, 0.6) is 0 Å². The number of ketones is 1. The van der Waals surface area contributed by atoms with Gasteiger partial charge in [-0.2, -0.15) is 0 Å². The largest absolute Gasteiger partial charge is 0.388 e. The Kier molecular flexibility index (Phi) is 4.51. The highest BCUT2D eigenvalue weighted by Gasteiger charge is 2.83. The minimum atomic E-state index is -0.774. The molecule has 5 saturated carbocycles. The maximum Gasteiger partial charge on any atom is 0.138 e. The molecule has 1 aliphatic heterocycles. The Morgan fingerprint density at radius 2 is 1.58 bits per heavy atom. The maximum atomic E-state index is 12.9. The smallest absolute Gasteiger partial charge is 0.138 e. The van der Waals surface area contributed by atoms with Gasteiger partial charge in [0.1, 0.15) is 5.78 Å². The fourth-order valence-electron chi connectivity index (χ4n) is 11.8. The number of ether oxygens (including phenoxy) is 1. The Hall–Kier alpha value is -0.410. The number of hydrogen-bond donors (Lipinski definition) is 1. The van der Waals surface area contributed by atoms with Crippen LogP contribution in [0.2, 0.25) is 0 Å². The third-order valence-corrected chi connectivity index (χ3v) is 13.5. The zero-order valence-electron chi connectivity index (χ0n) is 22.3. The summed E-state index contributed by atoms with van der Waals surface area (Å²) in [6.45, 7) is 16.1. The molecule has 1 heterocycles. The Morgan fingerprint density at radius 1 is 0.909 bits per heavy atom. The van der Waals surface area contributed by atoms with E-state index in [0.717, 1.165) is 25.2 Å². The monoisotopic (exact) mass is 456 g/mol. The van der Waals surface area contributed by atoms with E-state index in [2.05, 4.69) is 34.6 Å². The highest BCUT2D eigenvalue weighted by molar-refractivity contribution is 5.86. The van der Waals surface area contributed by atoms with Crippen LogP contribution < -0.4 is 0 Å². The van der Waals surface area contributed by atoms with Crippen LogP contribution in [0.15, 0.2) is 0 Å². The first-order valence-electron chi connectivity index (χ1n) is 14.1. The van der Waals surface area contributed by atoms with Gasteiger partial charge in [0.05, 0.1) is 17.8 Å². The fourth-order valence-corrected chi connectivity index (χ4v) is 11.8. The minimum Gasteiger partial charge on any atom is -0.388 e. The quantitative estimate of drug-likeness (QED) is 0.486. The molecular formula is C30H48O3. The van der Waals surface area contributed by atoms with E-state index in [0.29, 0.717) is 45.2 Å². The van der Waals surface area contributed by atoms with Gasteiger partial charge in [-0.05, 0) is 117 Å². The zero-order valence-corrected chi connectivity index (χ0v) is 22.3. The number of rotatable bonds is 1. The molecular weight excluding hydrogens is 408 g/mol. The van der Waals surface area contributed by atoms with Crippen molar-refractivity contribution in [3.63, 3.8) is 0 Å². The molecule has 0 aromatic carbocycles. The molecule has 6 fully saturated rings. The topological polar surface area (TPSA) is 46.5 Å². The van der Waals surface area contributed by atoms with Crippen molar-refractivity contribution in [2.75, 3.05) is 0 Å². The van der Waals surface area contributed by atoms with Gasteiger partial charge in [0, 0.05) is 11.8 Å². The van der Waals surface area contributed by atoms with Crippen molar-refractivity contribution in [2.24, 2.45) is 50.7 Å². The maximum absolute atomic E-state index is 12.9. The van der Waals surface area contributed by atoms with E-state index in [1.807, 2.05) is 13.8 Å². The van der Waals surface area contributed by atoms with Crippen molar-refractivity contribution < 1.29 is 14.6 Å². The van der Waals surface area contributed by atoms with E-state index in [1.165, 1.54) is 44.9 Å². The summed E-state index contributed by atoms with van der Waals surface area (Å²) in [5, 5.41) is 10.8. The fraction of sp³-hybridized carbons (Fsp3) is 0.967. The molecule has 0 amide bonds. The molecule has 3 nitrogen and oxygen atoms in total. The normalized spacial score (nSPS) is 57.2. The van der Waals surface area contributed by atoms with E-state index in [-0.39, 0.29) is 17.6 Å². The number of aliphatic hydroxyl groups is 1. The lowest BCUT2D eigenvalue weighted by atomic mass is 9.42. The van der Waals surface area contributed by atoms with Gasteiger partial charge in [-0.1, -0.05) is 34.6 Å². The lowest BCUT2D eigenvalue weighted by Gasteiger charge is -2.62. The molecule has 186 valence electrons. The van der Waals surface area contributed by atoms with Gasteiger partial charge in [0.15, 0.2) is 0 Å². The third-order valence-electron chi connectivity index (χ3n) is 13.5. The van der Waals surface area contributed by atoms with Crippen LogP contribution in [-0.4, -0.2) is 28.7 Å². The van der Waals surface area contributed by atoms with Gasteiger partial charge >= 0.3 is 0 Å². The number of hydrogen-bond acceptors (Lipinski definition) is 3. The van der Waals surface area contributed by atoms with Crippen LogP contribution in [-0.2, 0) is 9.53 Å². The van der Waals surface area contributed by atoms with Crippen molar-refractivity contribution in [2.45, 2.75) is 130 Å². The van der Waals surface area contributed by atoms with Gasteiger partial charge in [0.2, 0.25) is 0 Å². The molecule has 1 saturated heterocycles. The van der Waals surface area contributed by atoms with Gasteiger partial charge in [-0.3, -0.25) is 4.79 Å². The first-order chi connectivity index (χ1) is 15.2. The van der Waals surface area contributed by atoms with Crippen LogP contribution in [0.1, 0.15) is 113 Å². The third kappa shape index (κ3) is 2.58. The van der Waals surface area contributed by atoms with E-state index < -0.39 is 5.60 Å². The second kappa shape index (κ2) is 6.47. The first kappa shape index (κ1) is 23.0. The Balaban J connectivity index is 1.37.